The van der Waals surface area contributed by atoms with Crippen LogP contribution in [0, 0.1) is 0 Å². The van der Waals surface area contributed by atoms with Gasteiger partial charge in [-0.25, -0.2) is 9.97 Å². The summed E-state index contributed by atoms with van der Waals surface area (Å²) in [6.07, 6.45) is 4.55. The van der Waals surface area contributed by atoms with Crippen LogP contribution in [0.25, 0.3) is 66.1 Å². The van der Waals surface area contributed by atoms with Crippen LogP contribution < -0.4 is 20.1 Å². The van der Waals surface area contributed by atoms with Crippen LogP contribution in [0.1, 0.15) is 48.2 Å². The number of hydrogen-bond donors (Lipinski definition) is 2. The molecule has 0 saturated heterocycles. The molecule has 0 aliphatic heterocycles. The molecule has 4 aromatic heterocycles. The number of aromatic nitrogens is 4. The standard InChI is InChI=1S/C58H56N6O2.ClH/c1-65-47-29-25-43(26-30-47)55-57-51(49-21-11-13-23-53(49)63(57)39-41-17-7-5-8-18-41)35-45(61-55)37-59-33-15-3-4-16-34-60-38-46-36-52-50-22-12-14-24-54(50)64(40-42-19-9-6-10-20-42)58(52)56(62-46)44-27-31-48(66-2)32-28-44;/h5-14,17-32,35-36,59-60H,3-4,15-16,33-34,37-40H2,1-2H3;1H. The Morgan fingerprint density at radius 3 is 1.22 bits per heavy atom. The molecule has 0 saturated carbocycles. The van der Waals surface area contributed by atoms with E-state index in [9.17, 15) is 0 Å². The van der Waals surface area contributed by atoms with Crippen molar-refractivity contribution in [1.29, 1.82) is 0 Å². The molecular formula is C58H57ClN6O2. The van der Waals surface area contributed by atoms with Gasteiger partial charge in [0.05, 0.1) is 48.0 Å². The first-order chi connectivity index (χ1) is 32.6. The highest BCUT2D eigenvalue weighted by Gasteiger charge is 2.20. The predicted octanol–water partition coefficient (Wildman–Crippen LogP) is 13.0. The summed E-state index contributed by atoms with van der Waals surface area (Å²) in [4.78, 5) is 10.7. The van der Waals surface area contributed by atoms with Gasteiger partial charge in [0.2, 0.25) is 0 Å². The van der Waals surface area contributed by atoms with Gasteiger partial charge in [0, 0.05) is 69.9 Å². The highest BCUT2D eigenvalue weighted by molar-refractivity contribution is 6.13. The summed E-state index contributed by atoms with van der Waals surface area (Å²) in [6.45, 7) is 4.83. The molecule has 0 fully saturated rings. The maximum atomic E-state index is 5.52. The van der Waals surface area contributed by atoms with Gasteiger partial charge in [-0.05, 0) is 110 Å². The molecule has 4 heterocycles. The molecule has 8 nitrogen and oxygen atoms in total. The molecule has 67 heavy (non-hydrogen) atoms. The lowest BCUT2D eigenvalue weighted by Gasteiger charge is -2.14. The third-order valence-corrected chi connectivity index (χ3v) is 12.8. The van der Waals surface area contributed by atoms with Crippen LogP contribution in [0.15, 0.2) is 170 Å². The smallest absolute Gasteiger partial charge is 0.118 e. The van der Waals surface area contributed by atoms with Crippen LogP contribution in [0.2, 0.25) is 0 Å². The number of methoxy groups -OCH3 is 2. The number of halogens is 1. The Labute approximate surface area is 399 Å². The number of hydrogen-bond acceptors (Lipinski definition) is 6. The van der Waals surface area contributed by atoms with Gasteiger partial charge < -0.3 is 29.2 Å². The largest absolute Gasteiger partial charge is 0.497 e. The van der Waals surface area contributed by atoms with Crippen molar-refractivity contribution < 1.29 is 9.47 Å². The molecule has 0 amide bonds. The van der Waals surface area contributed by atoms with E-state index >= 15 is 0 Å². The Morgan fingerprint density at radius 2 is 0.821 bits per heavy atom. The van der Waals surface area contributed by atoms with Crippen LogP contribution in [0.4, 0.5) is 0 Å². The summed E-state index contributed by atoms with van der Waals surface area (Å²) in [7, 11) is 3.42. The molecule has 2 N–H and O–H groups in total. The van der Waals surface area contributed by atoms with Crippen LogP contribution in [-0.4, -0.2) is 46.4 Å². The SMILES string of the molecule is COc1ccc(-c2nc(CNCCCCCCNCc3cc4c5ccccc5n(Cc5ccccc5)c4c(-c4ccc(OC)cc4)n3)cc3c4ccccc4n(Cc4ccccc4)c23)cc1.Cl. The Bertz CT molecular complexity index is 3000. The van der Waals surface area contributed by atoms with Crippen LogP contribution >= 0.6 is 12.4 Å². The number of nitrogens with zero attached hydrogens (tertiary/aromatic N) is 4. The minimum absolute atomic E-state index is 0. The minimum atomic E-state index is 0. The molecule has 0 aliphatic rings. The lowest BCUT2D eigenvalue weighted by molar-refractivity contribution is 0.415. The van der Waals surface area contributed by atoms with Gasteiger partial charge in [0.1, 0.15) is 11.5 Å². The van der Waals surface area contributed by atoms with Gasteiger partial charge in [0.15, 0.2) is 0 Å². The second kappa shape index (κ2) is 21.1. The number of ether oxygens (including phenoxy) is 2. The monoisotopic (exact) mass is 904 g/mol. The fourth-order valence-electron chi connectivity index (χ4n) is 9.48. The summed E-state index contributed by atoms with van der Waals surface area (Å²) < 4.78 is 15.9. The van der Waals surface area contributed by atoms with Crippen molar-refractivity contribution >= 4 is 56.0 Å². The van der Waals surface area contributed by atoms with Gasteiger partial charge in [-0.15, -0.1) is 12.4 Å². The second-order valence-electron chi connectivity index (χ2n) is 17.1. The first-order valence-electron chi connectivity index (χ1n) is 23.2. The summed E-state index contributed by atoms with van der Waals surface area (Å²) >= 11 is 0. The van der Waals surface area contributed by atoms with Crippen molar-refractivity contribution in [1.82, 2.24) is 29.7 Å². The zero-order chi connectivity index (χ0) is 44.7. The van der Waals surface area contributed by atoms with E-state index in [2.05, 4.69) is 165 Å². The van der Waals surface area contributed by atoms with Gasteiger partial charge in [-0.1, -0.05) is 110 Å². The first-order valence-corrected chi connectivity index (χ1v) is 23.2. The first kappa shape index (κ1) is 45.2. The number of pyridine rings is 2. The maximum absolute atomic E-state index is 5.52. The van der Waals surface area contributed by atoms with Crippen molar-refractivity contribution in [3.63, 3.8) is 0 Å². The lowest BCUT2D eigenvalue weighted by atomic mass is 10.1. The van der Waals surface area contributed by atoms with Crippen LogP contribution in [-0.2, 0) is 26.2 Å². The Morgan fingerprint density at radius 1 is 0.433 bits per heavy atom. The summed E-state index contributed by atoms with van der Waals surface area (Å²) in [5.74, 6) is 1.67. The van der Waals surface area contributed by atoms with Crippen LogP contribution in [0.5, 0.6) is 11.5 Å². The van der Waals surface area contributed by atoms with Gasteiger partial charge in [0.25, 0.3) is 0 Å². The van der Waals surface area contributed by atoms with E-state index in [1.807, 2.05) is 24.3 Å². The molecule has 0 radical (unpaired) electrons. The Hall–Kier alpha value is -6.97. The Balaban J connectivity index is 0.00000562. The van der Waals surface area contributed by atoms with E-state index in [4.69, 9.17) is 19.4 Å². The predicted molar refractivity (Wildman–Crippen MR) is 279 cm³/mol. The second-order valence-corrected chi connectivity index (χ2v) is 17.1. The van der Waals surface area contributed by atoms with Gasteiger partial charge in [-0.2, -0.15) is 0 Å². The fourth-order valence-corrected chi connectivity index (χ4v) is 9.48. The molecule has 0 aliphatic carbocycles. The third kappa shape index (κ3) is 9.79. The van der Waals surface area contributed by atoms with E-state index in [0.29, 0.717) is 13.1 Å². The molecule has 9 heteroatoms. The topological polar surface area (TPSA) is 78.2 Å². The molecule has 338 valence electrons. The summed E-state index contributed by atoms with van der Waals surface area (Å²) in [6, 6.07) is 60.0. The molecule has 10 aromatic rings. The number of para-hydroxylation sites is 2. The van der Waals surface area contributed by atoms with Crippen molar-refractivity contribution in [3.05, 3.63) is 192 Å². The highest BCUT2D eigenvalue weighted by Crippen LogP contribution is 2.38. The maximum Gasteiger partial charge on any atom is 0.118 e. The van der Waals surface area contributed by atoms with E-state index in [0.717, 1.165) is 108 Å². The normalized spacial score (nSPS) is 11.4. The molecule has 0 spiro atoms. The van der Waals surface area contributed by atoms with Crippen molar-refractivity contribution in [2.45, 2.75) is 51.9 Å². The van der Waals surface area contributed by atoms with Gasteiger partial charge in [-0.3, -0.25) is 0 Å². The number of benzene rings is 6. The highest BCUT2D eigenvalue weighted by atomic mass is 35.5. The zero-order valence-electron chi connectivity index (χ0n) is 38.3. The van der Waals surface area contributed by atoms with E-state index < -0.39 is 0 Å². The molecule has 6 aromatic carbocycles. The van der Waals surface area contributed by atoms with Crippen molar-refractivity contribution in [3.8, 4) is 34.0 Å². The zero-order valence-corrected chi connectivity index (χ0v) is 39.1. The molecule has 0 atom stereocenters. The number of unbranched alkanes of at least 4 members (excludes halogenated alkanes) is 3. The Kier molecular flexibility index (Phi) is 14.2. The third-order valence-electron chi connectivity index (χ3n) is 12.8. The average molecular weight is 906 g/mol. The summed E-state index contributed by atoms with van der Waals surface area (Å²) in [5.41, 5.74) is 13.5. The molecule has 0 unspecified atom stereocenters. The number of rotatable bonds is 19. The quantitative estimate of drug-likeness (QED) is 0.0787. The summed E-state index contributed by atoms with van der Waals surface area (Å²) in [5, 5.41) is 12.4. The van der Waals surface area contributed by atoms with Crippen molar-refractivity contribution in [2.24, 2.45) is 0 Å². The number of fused-ring (bicyclic) bond motifs is 6. The molecule has 10 rings (SSSR count). The molecule has 0 bridgehead atoms. The lowest BCUT2D eigenvalue weighted by Crippen LogP contribution is -2.17. The molecular weight excluding hydrogens is 848 g/mol. The number of nitrogens with one attached hydrogen (secondary N) is 2. The van der Waals surface area contributed by atoms with E-state index in [-0.39, 0.29) is 12.4 Å². The van der Waals surface area contributed by atoms with E-state index in [1.165, 1.54) is 43.7 Å². The minimum Gasteiger partial charge on any atom is -0.497 e. The fraction of sp³-hybridized carbons (Fsp3) is 0.207. The van der Waals surface area contributed by atoms with E-state index in [1.54, 1.807) is 14.2 Å². The van der Waals surface area contributed by atoms with Crippen LogP contribution in [0.3, 0.4) is 0 Å². The van der Waals surface area contributed by atoms with Gasteiger partial charge >= 0.3 is 0 Å². The average Bonchev–Trinajstić information content (AvgIpc) is 3.86. The van der Waals surface area contributed by atoms with Crippen molar-refractivity contribution in [2.75, 3.05) is 27.3 Å².